The van der Waals surface area contributed by atoms with E-state index in [0.717, 1.165) is 23.3 Å². The zero-order chi connectivity index (χ0) is 20.0. The second-order valence-corrected chi connectivity index (χ2v) is 8.33. The molecule has 1 aliphatic rings. The summed E-state index contributed by atoms with van der Waals surface area (Å²) < 4.78 is 6.25. The number of pyridine rings is 1. The van der Waals surface area contributed by atoms with Gasteiger partial charge >= 0.3 is 5.97 Å². The van der Waals surface area contributed by atoms with Crippen LogP contribution in [0.1, 0.15) is 68.2 Å². The first kappa shape index (κ1) is 19.0. The Kier molecular flexibility index (Phi) is 4.51. The predicted molar refractivity (Wildman–Crippen MR) is 106 cm³/mol. The third-order valence-corrected chi connectivity index (χ3v) is 5.09. The normalized spacial score (nSPS) is 16.7. The van der Waals surface area contributed by atoms with E-state index in [1.807, 2.05) is 19.1 Å². The number of hydrogen-bond acceptors (Lipinski definition) is 3. The van der Waals surface area contributed by atoms with Gasteiger partial charge < -0.3 is 9.84 Å². The van der Waals surface area contributed by atoms with Gasteiger partial charge in [0.15, 0.2) is 0 Å². The number of ether oxygens (including phenoxy) is 1. The van der Waals surface area contributed by atoms with Crippen molar-refractivity contribution >= 4 is 5.97 Å². The molecule has 27 heavy (non-hydrogen) atoms. The van der Waals surface area contributed by atoms with Crippen LogP contribution in [0.2, 0.25) is 0 Å². The van der Waals surface area contributed by atoms with Crippen molar-refractivity contribution in [3.05, 3.63) is 46.6 Å². The molecule has 1 aromatic heterocycles. The van der Waals surface area contributed by atoms with Crippen LogP contribution >= 0.6 is 0 Å². The van der Waals surface area contributed by atoms with E-state index in [4.69, 9.17) is 11.2 Å². The van der Waals surface area contributed by atoms with Crippen LogP contribution in [0, 0.1) is 12.3 Å². The number of aromatic nitrogens is 1. The van der Waals surface area contributed by atoms with Crippen LogP contribution in [0.5, 0.6) is 5.75 Å². The molecule has 0 saturated carbocycles. The highest BCUT2D eigenvalue weighted by Crippen LogP contribution is 2.46. The first-order chi connectivity index (χ1) is 12.6. The minimum atomic E-state index is -1.06. The number of aromatic carboxylic acids is 1. The molecule has 4 heteroatoms. The molecule has 0 aliphatic carbocycles. The van der Waals surface area contributed by atoms with E-state index in [2.05, 4.69) is 44.7 Å². The smallest absolute Gasteiger partial charge is 0.338 e. The predicted octanol–water partition coefficient (Wildman–Crippen LogP) is 4.83. The molecule has 0 radical (unpaired) electrons. The average Bonchev–Trinajstić information content (AvgIpc) is 2.58. The minimum Gasteiger partial charge on any atom is -0.488 e. The van der Waals surface area contributed by atoms with Gasteiger partial charge in [0, 0.05) is 5.56 Å². The number of carboxylic acid groups (broad SMARTS) is 1. The summed E-state index contributed by atoms with van der Waals surface area (Å²) in [7, 11) is 0. The summed E-state index contributed by atoms with van der Waals surface area (Å²) in [5.74, 6) is 2.19. The molecular weight excluding hydrogens is 338 g/mol. The number of carboxylic acids is 1. The van der Waals surface area contributed by atoms with Crippen LogP contribution in [-0.2, 0) is 11.8 Å². The number of benzene rings is 1. The van der Waals surface area contributed by atoms with Crippen molar-refractivity contribution in [2.24, 2.45) is 0 Å². The maximum Gasteiger partial charge on any atom is 0.338 e. The Bertz CT molecular complexity index is 964. The van der Waals surface area contributed by atoms with Crippen molar-refractivity contribution in [3.8, 4) is 29.4 Å². The van der Waals surface area contributed by atoms with E-state index in [0.29, 0.717) is 12.1 Å². The third-order valence-electron chi connectivity index (χ3n) is 5.09. The Hall–Kier alpha value is -2.80. The van der Waals surface area contributed by atoms with Crippen molar-refractivity contribution in [3.63, 3.8) is 0 Å². The summed E-state index contributed by atoms with van der Waals surface area (Å²) >= 11 is 0. The van der Waals surface area contributed by atoms with Gasteiger partial charge in [-0.25, -0.2) is 9.78 Å². The monoisotopic (exact) mass is 363 g/mol. The Morgan fingerprint density at radius 3 is 2.59 bits per heavy atom. The van der Waals surface area contributed by atoms with Crippen LogP contribution in [0.4, 0.5) is 0 Å². The molecule has 2 heterocycles. The van der Waals surface area contributed by atoms with Crippen LogP contribution < -0.4 is 4.74 Å². The van der Waals surface area contributed by atoms with Crippen molar-refractivity contribution in [2.45, 2.75) is 58.5 Å². The molecule has 0 amide bonds. The largest absolute Gasteiger partial charge is 0.488 e. The molecule has 2 aromatic rings. The number of fused-ring (bicyclic) bond motifs is 1. The van der Waals surface area contributed by atoms with Gasteiger partial charge in [-0.2, -0.15) is 0 Å². The summed E-state index contributed by atoms with van der Waals surface area (Å²) in [6.45, 7) is 10.6. The number of carbonyl (C=O) groups is 1. The van der Waals surface area contributed by atoms with Crippen LogP contribution in [0.25, 0.3) is 11.3 Å². The van der Waals surface area contributed by atoms with E-state index in [-0.39, 0.29) is 22.3 Å². The molecule has 3 rings (SSSR count). The molecule has 0 atom stereocenters. The van der Waals surface area contributed by atoms with Gasteiger partial charge in [-0.05, 0) is 61.3 Å². The van der Waals surface area contributed by atoms with Gasteiger partial charge in [0.2, 0.25) is 0 Å². The van der Waals surface area contributed by atoms with E-state index >= 15 is 0 Å². The summed E-state index contributed by atoms with van der Waals surface area (Å²) in [5.41, 5.74) is 3.57. The van der Waals surface area contributed by atoms with Gasteiger partial charge in [0.05, 0.1) is 11.3 Å². The first-order valence-corrected chi connectivity index (χ1v) is 9.16. The second kappa shape index (κ2) is 6.42. The quantitative estimate of drug-likeness (QED) is 0.794. The number of aryl methyl sites for hydroxylation is 1. The summed E-state index contributed by atoms with van der Waals surface area (Å²) in [6.07, 6.45) is 7.09. The Morgan fingerprint density at radius 1 is 1.30 bits per heavy atom. The van der Waals surface area contributed by atoms with Gasteiger partial charge in [-0.15, -0.1) is 6.42 Å². The molecule has 0 unspecified atom stereocenters. The molecule has 0 saturated heterocycles. The van der Waals surface area contributed by atoms with Crippen LogP contribution in [0.15, 0.2) is 24.3 Å². The zero-order valence-corrected chi connectivity index (χ0v) is 16.5. The number of hydrogen-bond donors (Lipinski definition) is 1. The highest BCUT2D eigenvalue weighted by molar-refractivity contribution is 5.91. The highest BCUT2D eigenvalue weighted by atomic mass is 16.5. The Labute approximate surface area is 160 Å². The van der Waals surface area contributed by atoms with Crippen LogP contribution in [0.3, 0.4) is 0 Å². The molecule has 1 aromatic carbocycles. The summed E-state index contributed by atoms with van der Waals surface area (Å²) in [6, 6.07) is 7.74. The molecule has 0 bridgehead atoms. The van der Waals surface area contributed by atoms with E-state index in [9.17, 15) is 9.90 Å². The van der Waals surface area contributed by atoms with Crippen molar-refractivity contribution in [1.29, 1.82) is 0 Å². The maximum absolute atomic E-state index is 11.5. The standard InChI is InChI=1S/C23H25NO3/c1-7-14-11-16(21(25)26)18(8-2)24-20(14)15-9-10-17-19(12-15)27-23(5,6)13-22(17,3)4/h2,9-12H,7,13H2,1,3-6H3,(H,25,26). The molecule has 1 N–H and O–H groups in total. The molecule has 0 spiro atoms. The van der Waals surface area contributed by atoms with Gasteiger partial charge in [0.25, 0.3) is 0 Å². The third kappa shape index (κ3) is 3.42. The van der Waals surface area contributed by atoms with E-state index < -0.39 is 5.97 Å². The number of nitrogens with zero attached hydrogens (tertiary/aromatic N) is 1. The first-order valence-electron chi connectivity index (χ1n) is 9.16. The minimum absolute atomic E-state index is 0.00771. The van der Waals surface area contributed by atoms with E-state index in [1.165, 1.54) is 5.56 Å². The number of terminal acetylenes is 1. The SMILES string of the molecule is C#Cc1nc(-c2ccc3c(c2)OC(C)(C)CC3(C)C)c(CC)cc1C(=O)O. The number of rotatable bonds is 3. The zero-order valence-electron chi connectivity index (χ0n) is 16.5. The second-order valence-electron chi connectivity index (χ2n) is 8.33. The fourth-order valence-corrected chi connectivity index (χ4v) is 4.15. The van der Waals surface area contributed by atoms with Crippen molar-refractivity contribution in [2.75, 3.05) is 0 Å². The lowest BCUT2D eigenvalue weighted by molar-refractivity contribution is 0.0534. The molecule has 1 aliphatic heterocycles. The van der Waals surface area contributed by atoms with Gasteiger partial charge in [-0.1, -0.05) is 32.9 Å². The molecular formula is C23H25NO3. The topological polar surface area (TPSA) is 59.4 Å². The summed E-state index contributed by atoms with van der Waals surface area (Å²) in [5, 5.41) is 9.40. The highest BCUT2D eigenvalue weighted by Gasteiger charge is 2.39. The van der Waals surface area contributed by atoms with Crippen molar-refractivity contribution in [1.82, 2.24) is 4.98 Å². The summed E-state index contributed by atoms with van der Waals surface area (Å²) in [4.78, 5) is 16.0. The fourth-order valence-electron chi connectivity index (χ4n) is 4.15. The van der Waals surface area contributed by atoms with E-state index in [1.54, 1.807) is 6.07 Å². The fraction of sp³-hybridized carbons (Fsp3) is 0.391. The lowest BCUT2D eigenvalue weighted by Gasteiger charge is -2.42. The maximum atomic E-state index is 11.5. The van der Waals surface area contributed by atoms with Gasteiger partial charge in [-0.3, -0.25) is 0 Å². The lowest BCUT2D eigenvalue weighted by Crippen LogP contribution is -2.41. The Morgan fingerprint density at radius 2 is 2.00 bits per heavy atom. The molecule has 4 nitrogen and oxygen atoms in total. The molecule has 140 valence electrons. The lowest BCUT2D eigenvalue weighted by atomic mass is 9.73. The molecule has 0 fully saturated rings. The average molecular weight is 363 g/mol. The Balaban J connectivity index is 2.19. The van der Waals surface area contributed by atoms with Gasteiger partial charge in [0.1, 0.15) is 17.0 Å². The van der Waals surface area contributed by atoms with Crippen LogP contribution in [-0.4, -0.2) is 21.7 Å². The van der Waals surface area contributed by atoms with Crippen molar-refractivity contribution < 1.29 is 14.6 Å².